The molecule has 1 N–H and O–H groups in total. The number of hydrogen-bond donors (Lipinski definition) is 1. The molecule has 0 radical (unpaired) electrons. The summed E-state index contributed by atoms with van der Waals surface area (Å²) in [5.41, 5.74) is 2.33. The van der Waals surface area contributed by atoms with E-state index >= 15 is 0 Å². The third kappa shape index (κ3) is 4.03. The van der Waals surface area contributed by atoms with Gasteiger partial charge in [-0.1, -0.05) is 27.7 Å². The number of nitrogens with zero attached hydrogens (tertiary/aromatic N) is 4. The Morgan fingerprint density at radius 2 is 2.00 bits per heavy atom. The van der Waals surface area contributed by atoms with Crippen molar-refractivity contribution < 1.29 is 9.59 Å². The van der Waals surface area contributed by atoms with E-state index in [1.54, 1.807) is 16.9 Å². The lowest BCUT2D eigenvalue weighted by Gasteiger charge is -2.29. The van der Waals surface area contributed by atoms with E-state index in [0.29, 0.717) is 29.7 Å². The van der Waals surface area contributed by atoms with Gasteiger partial charge in [0.15, 0.2) is 11.4 Å². The number of rotatable bonds is 7. The van der Waals surface area contributed by atoms with Gasteiger partial charge in [0, 0.05) is 19.2 Å². The van der Waals surface area contributed by atoms with E-state index in [4.69, 9.17) is 0 Å². The van der Waals surface area contributed by atoms with Crippen molar-refractivity contribution in [3.8, 4) is 0 Å². The summed E-state index contributed by atoms with van der Waals surface area (Å²) < 4.78 is 1.67. The predicted molar refractivity (Wildman–Crippen MR) is 104 cm³/mol. The molecule has 0 unspecified atom stereocenters. The van der Waals surface area contributed by atoms with Gasteiger partial charge in [-0.15, -0.1) is 0 Å². The second-order valence-corrected chi connectivity index (χ2v) is 7.99. The molecule has 2 heterocycles. The molecule has 0 saturated carbocycles. The number of ketones is 1. The zero-order chi connectivity index (χ0) is 19.6. The lowest BCUT2D eigenvalue weighted by molar-refractivity contribution is 0.0907. The number of carbonyl (C=O) groups excluding carboxylic acids is 2. The Labute approximate surface area is 160 Å². The molecule has 0 aromatic carbocycles. The molecular weight excluding hydrogens is 342 g/mol. The zero-order valence-electron chi connectivity index (χ0n) is 16.7. The number of nitrogens with one attached hydrogen (secondary N) is 1. The van der Waals surface area contributed by atoms with Crippen molar-refractivity contribution in [3.63, 3.8) is 0 Å². The smallest absolute Gasteiger partial charge is 0.256 e. The Kier molecular flexibility index (Phi) is 5.60. The molecule has 0 saturated heterocycles. The number of amides is 1. The largest absolute Gasteiger partial charge is 0.352 e. The predicted octanol–water partition coefficient (Wildman–Crippen LogP) is 2.35. The molecule has 7 nitrogen and oxygen atoms in total. The summed E-state index contributed by atoms with van der Waals surface area (Å²) >= 11 is 0. The number of hydrogen-bond acceptors (Lipinski definition) is 5. The standard InChI is InChI=1S/C20H29N5O2/c1-5-24(6-2)9-7-8-21-19(27)15-13-23-25-16-10-20(3,4)11-17(26)14(16)12-22-18(15)25/h12-13H,5-11H2,1-4H3,(H,21,27). The molecule has 0 aliphatic heterocycles. The van der Waals surface area contributed by atoms with Gasteiger partial charge in [0.25, 0.3) is 5.91 Å². The molecule has 2 aromatic rings. The maximum atomic E-state index is 12.6. The highest BCUT2D eigenvalue weighted by Crippen LogP contribution is 2.34. The average molecular weight is 371 g/mol. The van der Waals surface area contributed by atoms with Crippen LogP contribution in [0.5, 0.6) is 0 Å². The Bertz CT molecular complexity index is 851. The van der Waals surface area contributed by atoms with Gasteiger partial charge in [-0.25, -0.2) is 9.50 Å². The van der Waals surface area contributed by atoms with Gasteiger partial charge in [0.1, 0.15) is 5.56 Å². The van der Waals surface area contributed by atoms with E-state index in [0.717, 1.165) is 38.2 Å². The Hall–Kier alpha value is -2.28. The molecule has 1 amide bonds. The Morgan fingerprint density at radius 3 is 2.70 bits per heavy atom. The lowest BCUT2D eigenvalue weighted by Crippen LogP contribution is -2.30. The van der Waals surface area contributed by atoms with E-state index in [-0.39, 0.29) is 17.1 Å². The van der Waals surface area contributed by atoms with Crippen molar-refractivity contribution >= 4 is 17.3 Å². The first-order chi connectivity index (χ1) is 12.9. The van der Waals surface area contributed by atoms with E-state index in [2.05, 4.69) is 48.0 Å². The number of aromatic nitrogens is 3. The minimum atomic E-state index is -0.168. The lowest BCUT2D eigenvalue weighted by atomic mass is 9.76. The van der Waals surface area contributed by atoms with Crippen LogP contribution in [-0.4, -0.2) is 57.4 Å². The molecule has 146 valence electrons. The summed E-state index contributed by atoms with van der Waals surface area (Å²) in [5, 5.41) is 7.33. The fourth-order valence-corrected chi connectivity index (χ4v) is 3.73. The van der Waals surface area contributed by atoms with E-state index in [1.807, 2.05) is 0 Å². The first-order valence-corrected chi connectivity index (χ1v) is 9.75. The molecular formula is C20H29N5O2. The maximum absolute atomic E-state index is 12.6. The van der Waals surface area contributed by atoms with Gasteiger partial charge in [0.2, 0.25) is 0 Å². The first-order valence-electron chi connectivity index (χ1n) is 9.75. The molecule has 0 spiro atoms. The number of Topliss-reactive ketones (excluding diaryl/α,β-unsaturated/α-hetero) is 1. The highest BCUT2D eigenvalue weighted by Gasteiger charge is 2.33. The first kappa shape index (κ1) is 19.5. The average Bonchev–Trinajstić information content (AvgIpc) is 3.05. The fourth-order valence-electron chi connectivity index (χ4n) is 3.73. The van der Waals surface area contributed by atoms with Crippen LogP contribution in [0.1, 0.15) is 66.9 Å². The second-order valence-electron chi connectivity index (χ2n) is 7.99. The molecule has 1 aliphatic carbocycles. The summed E-state index contributed by atoms with van der Waals surface area (Å²) in [7, 11) is 0. The van der Waals surface area contributed by atoms with Gasteiger partial charge in [-0.2, -0.15) is 5.10 Å². The maximum Gasteiger partial charge on any atom is 0.256 e. The van der Waals surface area contributed by atoms with Crippen molar-refractivity contribution in [1.29, 1.82) is 0 Å². The monoisotopic (exact) mass is 371 g/mol. The van der Waals surface area contributed by atoms with E-state index < -0.39 is 0 Å². The van der Waals surface area contributed by atoms with Gasteiger partial charge in [0.05, 0.1) is 17.5 Å². The highest BCUT2D eigenvalue weighted by molar-refractivity contribution is 6.01. The molecule has 0 fully saturated rings. The molecule has 1 aliphatic rings. The quantitative estimate of drug-likeness (QED) is 0.756. The summed E-state index contributed by atoms with van der Waals surface area (Å²) in [6, 6.07) is 0. The molecule has 2 aromatic heterocycles. The van der Waals surface area contributed by atoms with Crippen molar-refractivity contribution in [2.45, 2.75) is 47.0 Å². The summed E-state index contributed by atoms with van der Waals surface area (Å²) in [6.45, 7) is 12.0. The van der Waals surface area contributed by atoms with Crippen LogP contribution in [0.4, 0.5) is 0 Å². The third-order valence-electron chi connectivity index (χ3n) is 5.29. The summed E-state index contributed by atoms with van der Waals surface area (Å²) in [6.07, 6.45) is 5.29. The van der Waals surface area contributed by atoms with E-state index in [1.165, 1.54) is 0 Å². The van der Waals surface area contributed by atoms with Crippen LogP contribution in [0.3, 0.4) is 0 Å². The van der Waals surface area contributed by atoms with Crippen molar-refractivity contribution in [1.82, 2.24) is 24.8 Å². The Balaban J connectivity index is 1.75. The topological polar surface area (TPSA) is 79.6 Å². The van der Waals surface area contributed by atoms with Crippen LogP contribution in [0, 0.1) is 5.41 Å². The minimum absolute atomic E-state index is 0.0913. The number of fused-ring (bicyclic) bond motifs is 3. The van der Waals surface area contributed by atoms with Crippen LogP contribution in [0.2, 0.25) is 0 Å². The van der Waals surface area contributed by atoms with Gasteiger partial charge in [-0.3, -0.25) is 9.59 Å². The molecule has 0 atom stereocenters. The van der Waals surface area contributed by atoms with Crippen molar-refractivity contribution in [2.24, 2.45) is 5.41 Å². The molecule has 0 bridgehead atoms. The third-order valence-corrected chi connectivity index (χ3v) is 5.29. The van der Waals surface area contributed by atoms with E-state index in [9.17, 15) is 9.59 Å². The van der Waals surface area contributed by atoms with Gasteiger partial charge < -0.3 is 10.2 Å². The summed E-state index contributed by atoms with van der Waals surface area (Å²) in [4.78, 5) is 31.7. The van der Waals surface area contributed by atoms with Gasteiger partial charge >= 0.3 is 0 Å². The SMILES string of the molecule is CCN(CC)CCCNC(=O)c1cnn2c3c(cnc12)C(=O)CC(C)(C)C3. The molecule has 3 rings (SSSR count). The second kappa shape index (κ2) is 7.76. The van der Waals surface area contributed by atoms with Crippen LogP contribution < -0.4 is 5.32 Å². The van der Waals surface area contributed by atoms with Crippen LogP contribution >= 0.6 is 0 Å². The highest BCUT2D eigenvalue weighted by atomic mass is 16.1. The summed E-state index contributed by atoms with van der Waals surface area (Å²) in [5.74, 6) is -0.0769. The van der Waals surface area contributed by atoms with Gasteiger partial charge in [-0.05, 0) is 37.9 Å². The Morgan fingerprint density at radius 1 is 1.26 bits per heavy atom. The fraction of sp³-hybridized carbons (Fsp3) is 0.600. The van der Waals surface area contributed by atoms with Crippen LogP contribution in [-0.2, 0) is 6.42 Å². The minimum Gasteiger partial charge on any atom is -0.352 e. The molecule has 7 heteroatoms. The zero-order valence-corrected chi connectivity index (χ0v) is 16.7. The molecule has 27 heavy (non-hydrogen) atoms. The normalized spacial score (nSPS) is 16.0. The van der Waals surface area contributed by atoms with Crippen LogP contribution in [0.15, 0.2) is 12.4 Å². The number of carbonyl (C=O) groups is 2. The van der Waals surface area contributed by atoms with Crippen molar-refractivity contribution in [3.05, 3.63) is 29.2 Å². The van der Waals surface area contributed by atoms with Crippen LogP contribution in [0.25, 0.3) is 5.65 Å². The van der Waals surface area contributed by atoms with Crippen molar-refractivity contribution in [2.75, 3.05) is 26.2 Å².